The number of amides is 1. The first-order valence-electron chi connectivity index (χ1n) is 11.7. The molecule has 1 heterocycles. The van der Waals surface area contributed by atoms with Crippen molar-refractivity contribution in [3.63, 3.8) is 0 Å². The molecule has 1 fully saturated rings. The molecule has 1 amide bonds. The molecule has 0 radical (unpaired) electrons. The molecule has 2 aromatic carbocycles. The Morgan fingerprint density at radius 3 is 2.44 bits per heavy atom. The van der Waals surface area contributed by atoms with Crippen molar-refractivity contribution >= 4 is 17.6 Å². The van der Waals surface area contributed by atoms with Crippen LogP contribution in [0.25, 0.3) is 0 Å². The summed E-state index contributed by atoms with van der Waals surface area (Å²) in [6, 6.07) is 16.8. The first kappa shape index (κ1) is 23.6. The van der Waals surface area contributed by atoms with Gasteiger partial charge in [0.1, 0.15) is 0 Å². The maximum absolute atomic E-state index is 12.2. The lowest BCUT2D eigenvalue weighted by Gasteiger charge is -2.22. The smallest absolute Gasteiger partial charge is 0.251 e. The van der Waals surface area contributed by atoms with Crippen LogP contribution in [0.3, 0.4) is 0 Å². The van der Waals surface area contributed by atoms with Gasteiger partial charge in [-0.15, -0.1) is 0 Å². The van der Waals surface area contributed by atoms with E-state index in [4.69, 9.17) is 0 Å². The molecule has 0 saturated carbocycles. The quantitative estimate of drug-likeness (QED) is 0.428. The first-order chi connectivity index (χ1) is 15.5. The maximum atomic E-state index is 12.2. The van der Waals surface area contributed by atoms with E-state index in [0.29, 0.717) is 12.1 Å². The molecule has 0 aromatic heterocycles. The third-order valence-electron chi connectivity index (χ3n) is 6.08. The molecule has 1 saturated heterocycles. The predicted molar refractivity (Wildman–Crippen MR) is 133 cm³/mol. The Hall–Kier alpha value is -3.02. The van der Waals surface area contributed by atoms with Gasteiger partial charge in [0.25, 0.3) is 5.91 Å². The number of carbonyl (C=O) groups excluding carboxylic acids is 1. The number of carbonyl (C=O) groups is 1. The van der Waals surface area contributed by atoms with Gasteiger partial charge in [-0.1, -0.05) is 31.2 Å². The van der Waals surface area contributed by atoms with Gasteiger partial charge in [0.05, 0.1) is 6.04 Å². The Morgan fingerprint density at radius 2 is 1.78 bits per heavy atom. The molecule has 0 spiro atoms. The van der Waals surface area contributed by atoms with Crippen LogP contribution >= 0.6 is 0 Å². The number of rotatable bonds is 8. The summed E-state index contributed by atoms with van der Waals surface area (Å²) in [4.78, 5) is 19.1. The summed E-state index contributed by atoms with van der Waals surface area (Å²) < 4.78 is 0. The number of anilines is 1. The molecule has 172 valence electrons. The van der Waals surface area contributed by atoms with Gasteiger partial charge < -0.3 is 20.9 Å². The van der Waals surface area contributed by atoms with E-state index in [2.05, 4.69) is 64.0 Å². The van der Waals surface area contributed by atoms with Crippen LogP contribution in [0.4, 0.5) is 5.69 Å². The number of guanidine groups is 1. The summed E-state index contributed by atoms with van der Waals surface area (Å²) in [6.07, 6.45) is 3.47. The second-order valence-corrected chi connectivity index (χ2v) is 8.56. The Balaban J connectivity index is 1.53. The van der Waals surface area contributed by atoms with Crippen LogP contribution in [0.2, 0.25) is 0 Å². The average Bonchev–Trinajstić information content (AvgIpc) is 3.37. The van der Waals surface area contributed by atoms with Gasteiger partial charge in [0, 0.05) is 44.0 Å². The topological polar surface area (TPSA) is 68.8 Å². The second-order valence-electron chi connectivity index (χ2n) is 8.56. The van der Waals surface area contributed by atoms with Crippen LogP contribution in [0.15, 0.2) is 53.5 Å². The number of benzene rings is 2. The fourth-order valence-electron chi connectivity index (χ4n) is 3.82. The number of aliphatic imine (C=N–C) groups is 1. The number of nitrogens with one attached hydrogen (secondary N) is 3. The van der Waals surface area contributed by atoms with E-state index in [-0.39, 0.29) is 18.0 Å². The highest BCUT2D eigenvalue weighted by atomic mass is 16.1. The first-order valence-corrected chi connectivity index (χ1v) is 11.7. The molecule has 1 aliphatic rings. The highest BCUT2D eigenvalue weighted by Crippen LogP contribution is 2.24. The van der Waals surface area contributed by atoms with E-state index in [1.54, 1.807) is 7.05 Å². The van der Waals surface area contributed by atoms with E-state index >= 15 is 0 Å². The second kappa shape index (κ2) is 11.6. The zero-order valence-electron chi connectivity index (χ0n) is 19.8. The number of hydrogen-bond donors (Lipinski definition) is 3. The summed E-state index contributed by atoms with van der Waals surface area (Å²) in [6.45, 7) is 9.15. The van der Waals surface area contributed by atoms with Crippen molar-refractivity contribution < 1.29 is 4.79 Å². The monoisotopic (exact) mass is 435 g/mol. The highest BCUT2D eigenvalue weighted by Gasteiger charge is 2.14. The average molecular weight is 436 g/mol. The van der Waals surface area contributed by atoms with E-state index in [0.717, 1.165) is 31.0 Å². The van der Waals surface area contributed by atoms with Crippen molar-refractivity contribution in [2.24, 2.45) is 4.99 Å². The van der Waals surface area contributed by atoms with Gasteiger partial charge >= 0.3 is 0 Å². The molecular weight excluding hydrogens is 398 g/mol. The summed E-state index contributed by atoms with van der Waals surface area (Å²) in [5.74, 6) is 0.726. The van der Waals surface area contributed by atoms with Crippen molar-refractivity contribution in [3.8, 4) is 0 Å². The fourth-order valence-corrected chi connectivity index (χ4v) is 3.82. The summed E-state index contributed by atoms with van der Waals surface area (Å²) in [7, 11) is 1.78. The fraction of sp³-hybridized carbons (Fsp3) is 0.462. The molecule has 6 heteroatoms. The van der Waals surface area contributed by atoms with Crippen molar-refractivity contribution in [3.05, 3.63) is 65.2 Å². The van der Waals surface area contributed by atoms with Crippen molar-refractivity contribution in [1.82, 2.24) is 16.0 Å². The van der Waals surface area contributed by atoms with Gasteiger partial charge in [-0.05, 0) is 68.5 Å². The molecule has 2 aromatic rings. The van der Waals surface area contributed by atoms with Crippen LogP contribution in [-0.4, -0.2) is 38.0 Å². The maximum Gasteiger partial charge on any atom is 0.251 e. The van der Waals surface area contributed by atoms with Crippen LogP contribution in [0.5, 0.6) is 0 Å². The zero-order valence-corrected chi connectivity index (χ0v) is 19.8. The van der Waals surface area contributed by atoms with Crippen molar-refractivity contribution in [2.45, 2.75) is 58.7 Å². The molecule has 0 aliphatic carbocycles. The van der Waals surface area contributed by atoms with Gasteiger partial charge in [0.15, 0.2) is 5.96 Å². The molecule has 3 N–H and O–H groups in total. The predicted octanol–water partition coefficient (Wildman–Crippen LogP) is 4.24. The molecule has 2 unspecified atom stereocenters. The largest absolute Gasteiger partial charge is 0.372 e. The lowest BCUT2D eigenvalue weighted by Crippen LogP contribution is -2.38. The van der Waals surface area contributed by atoms with Gasteiger partial charge in [-0.25, -0.2) is 0 Å². The van der Waals surface area contributed by atoms with Gasteiger partial charge in [-0.2, -0.15) is 0 Å². The molecule has 2 atom stereocenters. The van der Waals surface area contributed by atoms with E-state index in [9.17, 15) is 4.79 Å². The lowest BCUT2D eigenvalue weighted by atomic mass is 10.1. The van der Waals surface area contributed by atoms with Crippen LogP contribution in [-0.2, 0) is 6.54 Å². The molecule has 32 heavy (non-hydrogen) atoms. The van der Waals surface area contributed by atoms with E-state index in [1.807, 2.05) is 31.2 Å². The van der Waals surface area contributed by atoms with Crippen LogP contribution in [0.1, 0.15) is 67.6 Å². The van der Waals surface area contributed by atoms with Gasteiger partial charge in [0.2, 0.25) is 0 Å². The summed E-state index contributed by atoms with van der Waals surface area (Å²) in [5, 5.41) is 9.86. The number of nitrogens with zero attached hydrogens (tertiary/aromatic N) is 2. The minimum Gasteiger partial charge on any atom is -0.372 e. The van der Waals surface area contributed by atoms with Crippen molar-refractivity contribution in [1.29, 1.82) is 0 Å². The number of hydrogen-bond acceptors (Lipinski definition) is 3. The SMILES string of the molecule is CCC(C)NC(=O)c1ccc(CNC(=NC)NC(C)c2cccc(N3CCCC3)c2)cc1. The minimum absolute atomic E-state index is 0.0266. The Labute approximate surface area is 192 Å². The van der Waals surface area contributed by atoms with Crippen LogP contribution in [0, 0.1) is 0 Å². The molecular formula is C26H37N5O. The summed E-state index contributed by atoms with van der Waals surface area (Å²) >= 11 is 0. The minimum atomic E-state index is -0.0266. The molecule has 1 aliphatic heterocycles. The summed E-state index contributed by atoms with van der Waals surface area (Å²) in [5.41, 5.74) is 4.32. The molecule has 0 bridgehead atoms. The van der Waals surface area contributed by atoms with Gasteiger partial charge in [-0.3, -0.25) is 9.79 Å². The van der Waals surface area contributed by atoms with Crippen LogP contribution < -0.4 is 20.9 Å². The van der Waals surface area contributed by atoms with Crippen molar-refractivity contribution in [2.75, 3.05) is 25.0 Å². The van der Waals surface area contributed by atoms with E-state index in [1.165, 1.54) is 24.1 Å². The lowest BCUT2D eigenvalue weighted by molar-refractivity contribution is 0.0939. The Kier molecular flexibility index (Phi) is 8.54. The third kappa shape index (κ3) is 6.49. The normalized spacial score (nSPS) is 15.9. The molecule has 6 nitrogen and oxygen atoms in total. The highest BCUT2D eigenvalue weighted by molar-refractivity contribution is 5.94. The Morgan fingerprint density at radius 1 is 1.06 bits per heavy atom. The third-order valence-corrected chi connectivity index (χ3v) is 6.08. The zero-order chi connectivity index (χ0) is 22.9. The van der Waals surface area contributed by atoms with E-state index < -0.39 is 0 Å². The molecule has 3 rings (SSSR count). The Bertz CT molecular complexity index is 903. The standard InChI is InChI=1S/C26H37N5O/c1-5-19(2)29-25(32)22-13-11-21(12-14-22)18-28-26(27-4)30-20(3)23-9-8-10-24(17-23)31-15-6-7-16-31/h8-14,17,19-20H,5-7,15-16,18H2,1-4H3,(H,29,32)(H2,27,28,30).